The van der Waals surface area contributed by atoms with Gasteiger partial charge in [0, 0.05) is 50.4 Å². The van der Waals surface area contributed by atoms with Crippen LogP contribution >= 0.6 is 0 Å². The molecule has 0 spiro atoms. The van der Waals surface area contributed by atoms with E-state index in [1.54, 1.807) is 13.1 Å². The first-order valence-corrected chi connectivity index (χ1v) is 9.64. The highest BCUT2D eigenvalue weighted by atomic mass is 16.2. The second kappa shape index (κ2) is 9.31. The zero-order chi connectivity index (χ0) is 19.1. The first-order valence-electron chi connectivity index (χ1n) is 9.64. The van der Waals surface area contributed by atoms with Gasteiger partial charge in [-0.2, -0.15) is 0 Å². The lowest BCUT2D eigenvalue weighted by molar-refractivity contribution is -0.130. The molecule has 0 atom stereocenters. The zero-order valence-corrected chi connectivity index (χ0v) is 15.9. The Morgan fingerprint density at radius 1 is 1.11 bits per heavy atom. The van der Waals surface area contributed by atoms with Crippen LogP contribution in [0.3, 0.4) is 0 Å². The van der Waals surface area contributed by atoms with Gasteiger partial charge < -0.3 is 10.2 Å². The summed E-state index contributed by atoms with van der Waals surface area (Å²) < 4.78 is 0. The number of nitrogens with zero attached hydrogens (tertiary/aromatic N) is 2. The summed E-state index contributed by atoms with van der Waals surface area (Å²) in [4.78, 5) is 29.9. The molecule has 0 aliphatic carbocycles. The maximum atomic E-state index is 12.3. The van der Waals surface area contributed by atoms with Crippen molar-refractivity contribution in [1.29, 1.82) is 0 Å². The molecule has 3 rings (SSSR count). The maximum Gasteiger partial charge on any atom is 0.251 e. The second-order valence-electron chi connectivity index (χ2n) is 7.18. The summed E-state index contributed by atoms with van der Waals surface area (Å²) in [5.41, 5.74) is 2.91. The molecule has 142 valence electrons. The Labute approximate surface area is 160 Å². The van der Waals surface area contributed by atoms with Crippen molar-refractivity contribution in [2.45, 2.75) is 32.6 Å². The van der Waals surface area contributed by atoms with Gasteiger partial charge in [0.1, 0.15) is 0 Å². The van der Waals surface area contributed by atoms with Gasteiger partial charge in [0.2, 0.25) is 5.91 Å². The van der Waals surface area contributed by atoms with Gasteiger partial charge in [-0.25, -0.2) is 0 Å². The van der Waals surface area contributed by atoms with Crippen LogP contribution in [-0.2, 0) is 17.6 Å². The van der Waals surface area contributed by atoms with Crippen LogP contribution in [0.15, 0.2) is 48.7 Å². The van der Waals surface area contributed by atoms with Gasteiger partial charge in [-0.3, -0.25) is 14.6 Å². The number of aromatic nitrogens is 1. The Morgan fingerprint density at radius 3 is 2.48 bits per heavy atom. The molecule has 2 heterocycles. The molecule has 1 N–H and O–H groups in total. The third kappa shape index (κ3) is 5.64. The maximum absolute atomic E-state index is 12.3. The van der Waals surface area contributed by atoms with E-state index < -0.39 is 0 Å². The summed E-state index contributed by atoms with van der Waals surface area (Å²) in [6, 6.07) is 13.7. The van der Waals surface area contributed by atoms with Crippen LogP contribution in [0.5, 0.6) is 0 Å². The molecule has 5 nitrogen and oxygen atoms in total. The highest BCUT2D eigenvalue weighted by molar-refractivity contribution is 5.94. The first kappa shape index (κ1) is 19.1. The fourth-order valence-corrected chi connectivity index (χ4v) is 3.53. The number of carbonyl (C=O) groups is 2. The molecule has 1 aromatic carbocycles. The van der Waals surface area contributed by atoms with Gasteiger partial charge in [-0.05, 0) is 55.0 Å². The van der Waals surface area contributed by atoms with E-state index in [-0.39, 0.29) is 11.8 Å². The summed E-state index contributed by atoms with van der Waals surface area (Å²) in [6.45, 7) is 3.93. The Hall–Kier alpha value is -2.69. The molecule has 1 saturated heterocycles. The van der Waals surface area contributed by atoms with Crippen LogP contribution in [0.2, 0.25) is 0 Å². The smallest absolute Gasteiger partial charge is 0.251 e. The fraction of sp³-hybridized carbons (Fsp3) is 0.409. The Balaban J connectivity index is 1.44. The van der Waals surface area contributed by atoms with E-state index >= 15 is 0 Å². The zero-order valence-electron chi connectivity index (χ0n) is 15.9. The van der Waals surface area contributed by atoms with E-state index in [2.05, 4.69) is 10.3 Å². The van der Waals surface area contributed by atoms with E-state index in [1.165, 1.54) is 5.56 Å². The van der Waals surface area contributed by atoms with Crippen molar-refractivity contribution < 1.29 is 9.59 Å². The normalized spacial score (nSPS) is 14.8. The Bertz CT molecular complexity index is 751. The van der Waals surface area contributed by atoms with Crippen molar-refractivity contribution in [3.05, 3.63) is 65.5 Å². The van der Waals surface area contributed by atoms with E-state index in [1.807, 2.05) is 47.4 Å². The van der Waals surface area contributed by atoms with Crippen molar-refractivity contribution in [3.63, 3.8) is 0 Å². The number of pyridine rings is 1. The van der Waals surface area contributed by atoms with Crippen molar-refractivity contribution in [2.24, 2.45) is 5.92 Å². The third-order valence-electron chi connectivity index (χ3n) is 5.19. The number of nitrogens with one attached hydrogen (secondary N) is 1. The summed E-state index contributed by atoms with van der Waals surface area (Å²) >= 11 is 0. The number of likely N-dealkylation sites (tertiary alicyclic amines) is 1. The summed E-state index contributed by atoms with van der Waals surface area (Å²) in [5, 5.41) is 2.95. The molecule has 1 aromatic heterocycles. The molecule has 2 amide bonds. The van der Waals surface area contributed by atoms with Crippen LogP contribution < -0.4 is 5.32 Å². The highest BCUT2D eigenvalue weighted by Crippen LogP contribution is 2.22. The predicted molar refractivity (Wildman–Crippen MR) is 105 cm³/mol. The fourth-order valence-electron chi connectivity index (χ4n) is 3.53. The molecular weight excluding hydrogens is 338 g/mol. The van der Waals surface area contributed by atoms with E-state index in [9.17, 15) is 9.59 Å². The SMILES string of the molecule is CC(=O)N1CCC(Cc2ccc(C(=O)NCCc3ccccn3)cc2)CC1. The van der Waals surface area contributed by atoms with E-state index in [0.29, 0.717) is 18.0 Å². The van der Waals surface area contributed by atoms with E-state index in [4.69, 9.17) is 0 Å². The molecule has 5 heteroatoms. The number of amides is 2. The minimum absolute atomic E-state index is 0.0488. The molecule has 1 aliphatic heterocycles. The molecule has 1 aliphatic rings. The minimum atomic E-state index is -0.0488. The van der Waals surface area contributed by atoms with Crippen LogP contribution in [-0.4, -0.2) is 41.3 Å². The Kier molecular flexibility index (Phi) is 6.58. The van der Waals surface area contributed by atoms with E-state index in [0.717, 1.165) is 44.5 Å². The molecular formula is C22H27N3O2. The lowest BCUT2D eigenvalue weighted by Crippen LogP contribution is -2.37. The van der Waals surface area contributed by atoms with Gasteiger partial charge in [0.25, 0.3) is 5.91 Å². The summed E-state index contributed by atoms with van der Waals surface area (Å²) in [7, 11) is 0. The number of hydrogen-bond donors (Lipinski definition) is 1. The Morgan fingerprint density at radius 2 is 1.85 bits per heavy atom. The van der Waals surface area contributed by atoms with Crippen LogP contribution in [0.1, 0.15) is 41.4 Å². The average molecular weight is 365 g/mol. The standard InChI is InChI=1S/C22H27N3O2/c1-17(26)25-14-10-19(11-15-25)16-18-5-7-20(8-6-18)22(27)24-13-9-21-4-2-3-12-23-21/h2-8,12,19H,9-11,13-16H2,1H3,(H,24,27). The average Bonchev–Trinajstić information content (AvgIpc) is 2.70. The topological polar surface area (TPSA) is 62.3 Å². The van der Waals surface area contributed by atoms with Crippen molar-refractivity contribution >= 4 is 11.8 Å². The first-order chi connectivity index (χ1) is 13.1. The van der Waals surface area contributed by atoms with Crippen LogP contribution in [0.25, 0.3) is 0 Å². The quantitative estimate of drug-likeness (QED) is 0.856. The van der Waals surface area contributed by atoms with Crippen molar-refractivity contribution in [2.75, 3.05) is 19.6 Å². The van der Waals surface area contributed by atoms with Crippen molar-refractivity contribution in [1.82, 2.24) is 15.2 Å². The number of piperidine rings is 1. The number of rotatable bonds is 6. The lowest BCUT2D eigenvalue weighted by atomic mass is 9.90. The summed E-state index contributed by atoms with van der Waals surface area (Å²) in [5.74, 6) is 0.734. The molecule has 0 unspecified atom stereocenters. The largest absolute Gasteiger partial charge is 0.352 e. The van der Waals surface area contributed by atoms with Crippen molar-refractivity contribution in [3.8, 4) is 0 Å². The second-order valence-corrected chi connectivity index (χ2v) is 7.18. The molecule has 2 aromatic rings. The number of benzene rings is 1. The molecule has 27 heavy (non-hydrogen) atoms. The van der Waals surface area contributed by atoms with Crippen LogP contribution in [0.4, 0.5) is 0 Å². The van der Waals surface area contributed by atoms with Gasteiger partial charge in [0.05, 0.1) is 0 Å². The molecule has 0 radical (unpaired) electrons. The van der Waals surface area contributed by atoms with Gasteiger partial charge in [0.15, 0.2) is 0 Å². The number of hydrogen-bond acceptors (Lipinski definition) is 3. The third-order valence-corrected chi connectivity index (χ3v) is 5.19. The molecule has 1 fully saturated rings. The predicted octanol–water partition coefficient (Wildman–Crippen LogP) is 2.86. The number of carbonyl (C=O) groups excluding carboxylic acids is 2. The minimum Gasteiger partial charge on any atom is -0.352 e. The monoisotopic (exact) mass is 365 g/mol. The summed E-state index contributed by atoms with van der Waals surface area (Å²) in [6.07, 6.45) is 5.60. The lowest BCUT2D eigenvalue weighted by Gasteiger charge is -2.31. The molecule has 0 saturated carbocycles. The highest BCUT2D eigenvalue weighted by Gasteiger charge is 2.20. The van der Waals surface area contributed by atoms with Crippen LogP contribution in [0, 0.1) is 5.92 Å². The molecule has 0 bridgehead atoms. The van der Waals surface area contributed by atoms with Gasteiger partial charge >= 0.3 is 0 Å². The van der Waals surface area contributed by atoms with Gasteiger partial charge in [-0.1, -0.05) is 18.2 Å². The van der Waals surface area contributed by atoms with Gasteiger partial charge in [-0.15, -0.1) is 0 Å².